The molecule has 31 heavy (non-hydrogen) atoms. The van der Waals surface area contributed by atoms with E-state index < -0.39 is 11.8 Å². The number of carbonyl (C=O) groups is 1. The van der Waals surface area contributed by atoms with Crippen LogP contribution < -0.4 is 10.7 Å². The van der Waals surface area contributed by atoms with E-state index >= 15 is 0 Å². The van der Waals surface area contributed by atoms with E-state index in [1.165, 1.54) is 24.3 Å². The van der Waals surface area contributed by atoms with E-state index in [0.29, 0.717) is 27.9 Å². The highest BCUT2D eigenvalue weighted by Crippen LogP contribution is 2.30. The molecule has 1 atom stereocenters. The maximum absolute atomic E-state index is 13.2. The molecule has 156 valence electrons. The number of anilines is 1. The number of carboxylic acids is 1. The third kappa shape index (κ3) is 4.02. The smallest absolute Gasteiger partial charge is 0.337 e. The number of nitrogens with zero attached hydrogens (tertiary/aromatic N) is 1. The van der Waals surface area contributed by atoms with E-state index in [1.54, 1.807) is 24.3 Å². The summed E-state index contributed by atoms with van der Waals surface area (Å²) in [6.45, 7) is 3.73. The number of rotatable bonds is 5. The zero-order chi connectivity index (χ0) is 22.1. The molecule has 0 aliphatic carbocycles. The maximum Gasteiger partial charge on any atom is 0.337 e. The molecule has 0 saturated heterocycles. The quantitative estimate of drug-likeness (QED) is 0.464. The summed E-state index contributed by atoms with van der Waals surface area (Å²) in [4.78, 5) is 28.4. The first-order chi connectivity index (χ1) is 14.8. The largest absolute Gasteiger partial charge is 0.478 e. The zero-order valence-electron chi connectivity index (χ0n) is 16.8. The van der Waals surface area contributed by atoms with Crippen LogP contribution in [0.4, 0.5) is 10.1 Å². The fourth-order valence-electron chi connectivity index (χ4n) is 3.51. The summed E-state index contributed by atoms with van der Waals surface area (Å²) in [6.07, 6.45) is 1.06. The Morgan fingerprint density at radius 2 is 1.94 bits per heavy atom. The number of hydrogen-bond acceptors (Lipinski definition) is 5. The summed E-state index contributed by atoms with van der Waals surface area (Å²) in [6, 6.07) is 13.9. The molecule has 0 bridgehead atoms. The van der Waals surface area contributed by atoms with Crippen LogP contribution in [0.5, 0.6) is 0 Å². The Balaban J connectivity index is 1.84. The SMILES string of the molecule is Cc1cc(C(C)Nc2ccccc2C(=O)O)c2oc(-c3ccc(F)cn3)cc(=O)c2c1. The van der Waals surface area contributed by atoms with Gasteiger partial charge in [-0.25, -0.2) is 14.2 Å². The average molecular weight is 418 g/mol. The molecule has 0 spiro atoms. The van der Waals surface area contributed by atoms with Gasteiger partial charge in [-0.3, -0.25) is 4.79 Å². The lowest BCUT2D eigenvalue weighted by molar-refractivity contribution is 0.0698. The predicted octanol–water partition coefficient (Wildman–Crippen LogP) is 5.17. The number of hydrogen-bond donors (Lipinski definition) is 2. The highest BCUT2D eigenvalue weighted by Gasteiger charge is 2.18. The fraction of sp³-hybridized carbons (Fsp3) is 0.125. The molecule has 6 nitrogen and oxygen atoms in total. The number of benzene rings is 2. The van der Waals surface area contributed by atoms with Crippen LogP contribution in [-0.2, 0) is 0 Å². The molecule has 0 fully saturated rings. The van der Waals surface area contributed by atoms with E-state index in [4.69, 9.17) is 4.42 Å². The van der Waals surface area contributed by atoms with Crippen molar-refractivity contribution >= 4 is 22.6 Å². The number of aromatic nitrogens is 1. The van der Waals surface area contributed by atoms with Gasteiger partial charge in [0.15, 0.2) is 11.2 Å². The molecule has 0 radical (unpaired) electrons. The average Bonchev–Trinajstić information content (AvgIpc) is 2.74. The molecule has 4 aromatic rings. The van der Waals surface area contributed by atoms with Crippen molar-refractivity contribution in [2.75, 3.05) is 5.32 Å². The van der Waals surface area contributed by atoms with E-state index in [2.05, 4.69) is 10.3 Å². The van der Waals surface area contributed by atoms with Crippen molar-refractivity contribution < 1.29 is 18.7 Å². The first-order valence-electron chi connectivity index (χ1n) is 9.62. The Labute approximate surface area is 177 Å². The van der Waals surface area contributed by atoms with Crippen LogP contribution >= 0.6 is 0 Å². The number of para-hydroxylation sites is 1. The second kappa shape index (κ2) is 8.02. The second-order valence-electron chi connectivity index (χ2n) is 7.28. The molecule has 0 amide bonds. The monoisotopic (exact) mass is 418 g/mol. The Bertz CT molecular complexity index is 1350. The van der Waals surface area contributed by atoms with Crippen LogP contribution in [0.2, 0.25) is 0 Å². The minimum absolute atomic E-state index is 0.143. The van der Waals surface area contributed by atoms with Gasteiger partial charge in [-0.15, -0.1) is 0 Å². The minimum Gasteiger partial charge on any atom is -0.478 e. The molecule has 0 aliphatic rings. The topological polar surface area (TPSA) is 92.4 Å². The summed E-state index contributed by atoms with van der Waals surface area (Å²) in [5.41, 5.74) is 2.61. The Morgan fingerprint density at radius 3 is 2.65 bits per heavy atom. The number of aromatic carboxylic acids is 1. The Morgan fingerprint density at radius 1 is 1.16 bits per heavy atom. The Kier molecular flexibility index (Phi) is 5.25. The van der Waals surface area contributed by atoms with Gasteiger partial charge < -0.3 is 14.8 Å². The standard InChI is InChI=1S/C24H19FN2O4/c1-13-9-17(14(2)27-19-6-4-3-5-16(19)24(29)30)23-18(10-13)21(28)11-22(31-23)20-8-7-15(25)12-26-20/h3-12,14,27H,1-2H3,(H,29,30). The maximum atomic E-state index is 13.2. The molecule has 2 N–H and O–H groups in total. The normalized spacial score (nSPS) is 12.0. The van der Waals surface area contributed by atoms with Gasteiger partial charge >= 0.3 is 5.97 Å². The van der Waals surface area contributed by atoms with Crippen molar-refractivity contribution in [3.63, 3.8) is 0 Å². The van der Waals surface area contributed by atoms with Gasteiger partial charge in [0, 0.05) is 17.3 Å². The van der Waals surface area contributed by atoms with Crippen molar-refractivity contribution in [2.24, 2.45) is 0 Å². The molecule has 2 heterocycles. The summed E-state index contributed by atoms with van der Waals surface area (Å²) in [5.74, 6) is -1.31. The van der Waals surface area contributed by atoms with Crippen molar-refractivity contribution in [3.05, 3.63) is 93.5 Å². The number of fused-ring (bicyclic) bond motifs is 1. The molecule has 2 aromatic carbocycles. The first-order valence-corrected chi connectivity index (χ1v) is 9.62. The number of carboxylic acid groups (broad SMARTS) is 1. The molecule has 7 heteroatoms. The molecule has 2 aromatic heterocycles. The van der Waals surface area contributed by atoms with Gasteiger partial charge in [0.05, 0.1) is 23.2 Å². The van der Waals surface area contributed by atoms with Gasteiger partial charge in [-0.2, -0.15) is 0 Å². The van der Waals surface area contributed by atoms with Gasteiger partial charge in [-0.05, 0) is 49.7 Å². The van der Waals surface area contributed by atoms with Crippen molar-refractivity contribution in [3.8, 4) is 11.5 Å². The highest BCUT2D eigenvalue weighted by molar-refractivity contribution is 5.94. The van der Waals surface area contributed by atoms with Crippen molar-refractivity contribution in [1.82, 2.24) is 4.98 Å². The van der Waals surface area contributed by atoms with Crippen LogP contribution in [0.25, 0.3) is 22.4 Å². The van der Waals surface area contributed by atoms with Crippen LogP contribution in [-0.4, -0.2) is 16.1 Å². The summed E-state index contributed by atoms with van der Waals surface area (Å²) in [5, 5.41) is 13.1. The number of halogens is 1. The molecular weight excluding hydrogens is 399 g/mol. The lowest BCUT2D eigenvalue weighted by atomic mass is 10.0. The summed E-state index contributed by atoms with van der Waals surface area (Å²) >= 11 is 0. The second-order valence-corrected chi connectivity index (χ2v) is 7.28. The van der Waals surface area contributed by atoms with E-state index in [9.17, 15) is 19.1 Å². The lowest BCUT2D eigenvalue weighted by Gasteiger charge is -2.19. The fourth-order valence-corrected chi connectivity index (χ4v) is 3.51. The van der Waals surface area contributed by atoms with E-state index in [-0.39, 0.29) is 22.8 Å². The van der Waals surface area contributed by atoms with Crippen LogP contribution in [0, 0.1) is 12.7 Å². The highest BCUT2D eigenvalue weighted by atomic mass is 19.1. The van der Waals surface area contributed by atoms with Gasteiger partial charge in [0.25, 0.3) is 0 Å². The van der Waals surface area contributed by atoms with Crippen LogP contribution in [0.1, 0.15) is 34.5 Å². The number of aryl methyl sites for hydroxylation is 1. The third-order valence-electron chi connectivity index (χ3n) is 4.98. The number of pyridine rings is 1. The van der Waals surface area contributed by atoms with Crippen molar-refractivity contribution in [2.45, 2.75) is 19.9 Å². The Hall–Kier alpha value is -4.00. The summed E-state index contributed by atoms with van der Waals surface area (Å²) in [7, 11) is 0. The van der Waals surface area contributed by atoms with Gasteiger partial charge in [0.1, 0.15) is 17.1 Å². The number of nitrogens with one attached hydrogen (secondary N) is 1. The first kappa shape index (κ1) is 20.3. The third-order valence-corrected chi connectivity index (χ3v) is 4.98. The molecule has 0 aliphatic heterocycles. The molecule has 4 rings (SSSR count). The molecule has 0 saturated carbocycles. The zero-order valence-corrected chi connectivity index (χ0v) is 16.8. The van der Waals surface area contributed by atoms with Crippen molar-refractivity contribution in [1.29, 1.82) is 0 Å². The van der Waals surface area contributed by atoms with Gasteiger partial charge in [-0.1, -0.05) is 18.2 Å². The van der Waals surface area contributed by atoms with Crippen LogP contribution in [0.3, 0.4) is 0 Å². The van der Waals surface area contributed by atoms with Gasteiger partial charge in [0.2, 0.25) is 0 Å². The molecular formula is C24H19FN2O4. The minimum atomic E-state index is -1.04. The molecule has 1 unspecified atom stereocenters. The van der Waals surface area contributed by atoms with E-state index in [0.717, 1.165) is 11.8 Å². The summed E-state index contributed by atoms with van der Waals surface area (Å²) < 4.78 is 19.3. The van der Waals surface area contributed by atoms with E-state index in [1.807, 2.05) is 19.9 Å². The predicted molar refractivity (Wildman–Crippen MR) is 116 cm³/mol. The lowest BCUT2D eigenvalue weighted by Crippen LogP contribution is -2.12. The van der Waals surface area contributed by atoms with Crippen LogP contribution in [0.15, 0.2) is 70.0 Å².